The van der Waals surface area contributed by atoms with Gasteiger partial charge < -0.3 is 14.8 Å². The number of aryl methyl sites for hydroxylation is 1. The van der Waals surface area contributed by atoms with Gasteiger partial charge in [0.2, 0.25) is 15.9 Å². The maximum absolute atomic E-state index is 12.6. The minimum Gasteiger partial charge on any atom is -0.495 e. The third-order valence-corrected chi connectivity index (χ3v) is 7.38. The van der Waals surface area contributed by atoms with Gasteiger partial charge in [0.1, 0.15) is 11.5 Å². The van der Waals surface area contributed by atoms with Gasteiger partial charge in [-0.2, -0.15) is 0 Å². The molecule has 0 saturated heterocycles. The first-order valence-corrected chi connectivity index (χ1v) is 12.5. The van der Waals surface area contributed by atoms with E-state index in [1.54, 1.807) is 36.4 Å². The van der Waals surface area contributed by atoms with Gasteiger partial charge in [-0.05, 0) is 37.0 Å². The van der Waals surface area contributed by atoms with Crippen LogP contribution in [-0.4, -0.2) is 34.6 Å². The van der Waals surface area contributed by atoms with E-state index in [9.17, 15) is 13.2 Å². The first-order chi connectivity index (χ1) is 15.3. The number of hydrogen-bond acceptors (Lipinski definition) is 5. The second-order valence-corrected chi connectivity index (χ2v) is 9.96. The van der Waals surface area contributed by atoms with Gasteiger partial charge in [-0.3, -0.25) is 4.79 Å². The molecule has 1 fully saturated rings. The second-order valence-electron chi connectivity index (χ2n) is 7.84. The van der Waals surface area contributed by atoms with Gasteiger partial charge in [0, 0.05) is 24.6 Å². The molecule has 0 unspecified atom stereocenters. The van der Waals surface area contributed by atoms with E-state index in [4.69, 9.17) is 21.1 Å². The number of nitrogens with one attached hydrogen (secondary N) is 2. The van der Waals surface area contributed by atoms with Crippen LogP contribution in [0.3, 0.4) is 0 Å². The highest BCUT2D eigenvalue weighted by molar-refractivity contribution is 7.89. The van der Waals surface area contributed by atoms with Gasteiger partial charge in [-0.25, -0.2) is 13.1 Å². The molecule has 32 heavy (non-hydrogen) atoms. The van der Waals surface area contributed by atoms with Crippen molar-refractivity contribution in [2.75, 3.05) is 19.5 Å². The van der Waals surface area contributed by atoms with Crippen LogP contribution >= 0.6 is 11.6 Å². The predicted molar refractivity (Wildman–Crippen MR) is 125 cm³/mol. The zero-order chi connectivity index (χ0) is 23.1. The molecule has 2 aromatic rings. The molecule has 2 aromatic carbocycles. The largest absolute Gasteiger partial charge is 0.495 e. The fourth-order valence-electron chi connectivity index (χ4n) is 3.77. The van der Waals surface area contributed by atoms with Crippen molar-refractivity contribution in [1.29, 1.82) is 0 Å². The summed E-state index contributed by atoms with van der Waals surface area (Å²) in [6, 6.07) is 9.87. The van der Waals surface area contributed by atoms with Crippen LogP contribution in [0.5, 0.6) is 11.5 Å². The summed E-state index contributed by atoms with van der Waals surface area (Å²) in [6.07, 6.45) is 5.74. The lowest BCUT2D eigenvalue weighted by Gasteiger charge is -2.22. The van der Waals surface area contributed by atoms with Crippen LogP contribution in [0, 0.1) is 0 Å². The number of hydrogen-bond donors (Lipinski definition) is 2. The predicted octanol–water partition coefficient (Wildman–Crippen LogP) is 4.54. The van der Waals surface area contributed by atoms with Crippen LogP contribution in [0.4, 0.5) is 5.69 Å². The number of methoxy groups -OCH3 is 2. The molecule has 0 spiro atoms. The van der Waals surface area contributed by atoms with Gasteiger partial charge in [0.25, 0.3) is 0 Å². The van der Waals surface area contributed by atoms with E-state index in [-0.39, 0.29) is 23.3 Å². The minimum atomic E-state index is -3.53. The monoisotopic (exact) mass is 480 g/mol. The van der Waals surface area contributed by atoms with Crippen molar-refractivity contribution in [2.24, 2.45) is 0 Å². The van der Waals surface area contributed by atoms with E-state index in [2.05, 4.69) is 10.0 Å². The van der Waals surface area contributed by atoms with E-state index in [1.807, 2.05) is 0 Å². The number of rotatable bonds is 9. The van der Waals surface area contributed by atoms with Crippen molar-refractivity contribution in [2.45, 2.75) is 55.9 Å². The van der Waals surface area contributed by atoms with Crippen molar-refractivity contribution >= 4 is 33.2 Å². The number of carbonyl (C=O) groups excluding carboxylic acids is 1. The summed E-state index contributed by atoms with van der Waals surface area (Å²) in [5.74, 6) is 0.661. The maximum atomic E-state index is 12.6. The zero-order valence-corrected chi connectivity index (χ0v) is 19.9. The summed E-state index contributed by atoms with van der Waals surface area (Å²) in [5, 5.41) is 3.19. The molecule has 1 amide bonds. The molecule has 174 valence electrons. The normalized spacial score (nSPS) is 14.7. The Morgan fingerprint density at radius 3 is 2.31 bits per heavy atom. The molecule has 7 nitrogen and oxygen atoms in total. The van der Waals surface area contributed by atoms with Crippen LogP contribution in [0.2, 0.25) is 5.02 Å². The van der Waals surface area contributed by atoms with E-state index >= 15 is 0 Å². The van der Waals surface area contributed by atoms with Crippen LogP contribution in [0.15, 0.2) is 41.3 Å². The van der Waals surface area contributed by atoms with Gasteiger partial charge in [-0.15, -0.1) is 0 Å². The summed E-state index contributed by atoms with van der Waals surface area (Å²) >= 11 is 6.09. The first kappa shape index (κ1) is 24.4. The van der Waals surface area contributed by atoms with E-state index < -0.39 is 10.0 Å². The molecule has 1 saturated carbocycles. The summed E-state index contributed by atoms with van der Waals surface area (Å²) in [7, 11) is -0.546. The second kappa shape index (κ2) is 11.0. The highest BCUT2D eigenvalue weighted by Crippen LogP contribution is 2.36. The Hall–Kier alpha value is -2.29. The lowest BCUT2D eigenvalue weighted by Crippen LogP contribution is -2.36. The average Bonchev–Trinajstić information content (AvgIpc) is 2.79. The van der Waals surface area contributed by atoms with Crippen LogP contribution < -0.4 is 19.5 Å². The molecular weight excluding hydrogens is 452 g/mol. The molecule has 2 N–H and O–H groups in total. The SMILES string of the molecule is COc1cc(NC(=O)CCc2ccc(S(=O)(=O)NC3CCCCC3)cc2)c(OC)cc1Cl. The minimum absolute atomic E-state index is 0.0144. The zero-order valence-electron chi connectivity index (χ0n) is 18.3. The number of carbonyl (C=O) groups is 1. The van der Waals surface area contributed by atoms with Crippen LogP contribution in [0.1, 0.15) is 44.1 Å². The fraction of sp³-hybridized carbons (Fsp3) is 0.435. The number of amides is 1. The topological polar surface area (TPSA) is 93.7 Å². The number of anilines is 1. The van der Waals surface area contributed by atoms with Crippen molar-refractivity contribution in [3.8, 4) is 11.5 Å². The lowest BCUT2D eigenvalue weighted by molar-refractivity contribution is -0.116. The Morgan fingerprint density at radius 1 is 1.03 bits per heavy atom. The smallest absolute Gasteiger partial charge is 0.240 e. The highest BCUT2D eigenvalue weighted by atomic mass is 35.5. The highest BCUT2D eigenvalue weighted by Gasteiger charge is 2.21. The van der Waals surface area contributed by atoms with E-state index in [0.717, 1.165) is 31.2 Å². The molecule has 0 aliphatic heterocycles. The van der Waals surface area contributed by atoms with Crippen LogP contribution in [0.25, 0.3) is 0 Å². The molecular formula is C23H29ClN2O5S. The van der Waals surface area contributed by atoms with Crippen molar-refractivity contribution in [1.82, 2.24) is 4.72 Å². The van der Waals surface area contributed by atoms with Gasteiger partial charge in [0.05, 0.1) is 29.8 Å². The Balaban J connectivity index is 1.57. The lowest BCUT2D eigenvalue weighted by atomic mass is 9.96. The third kappa shape index (κ3) is 6.37. The Kier molecular flexibility index (Phi) is 8.39. The molecule has 0 aromatic heterocycles. The molecule has 9 heteroatoms. The standard InChI is InChI=1S/C23H29ClN2O5S/c1-30-21-15-20(22(31-2)14-19(21)24)25-23(27)13-10-16-8-11-18(12-9-16)32(28,29)26-17-6-4-3-5-7-17/h8-9,11-12,14-15,17,26H,3-7,10,13H2,1-2H3,(H,25,27). The van der Waals surface area contributed by atoms with Crippen LogP contribution in [-0.2, 0) is 21.2 Å². The summed E-state index contributed by atoms with van der Waals surface area (Å²) in [4.78, 5) is 12.7. The molecule has 3 rings (SSSR count). The first-order valence-electron chi connectivity index (χ1n) is 10.6. The van der Waals surface area contributed by atoms with E-state index in [0.29, 0.717) is 28.6 Å². The molecule has 0 radical (unpaired) electrons. The summed E-state index contributed by atoms with van der Waals surface area (Å²) in [5.41, 5.74) is 1.34. The maximum Gasteiger partial charge on any atom is 0.240 e. The quantitative estimate of drug-likeness (QED) is 0.549. The molecule has 1 aliphatic carbocycles. The van der Waals surface area contributed by atoms with E-state index in [1.165, 1.54) is 20.6 Å². The van der Waals surface area contributed by atoms with Gasteiger partial charge >= 0.3 is 0 Å². The summed E-state index contributed by atoms with van der Waals surface area (Å²) < 4.78 is 38.5. The Morgan fingerprint density at radius 2 is 1.69 bits per heavy atom. The summed E-state index contributed by atoms with van der Waals surface area (Å²) in [6.45, 7) is 0. The van der Waals surface area contributed by atoms with Crippen molar-refractivity contribution in [3.63, 3.8) is 0 Å². The fourth-order valence-corrected chi connectivity index (χ4v) is 5.31. The van der Waals surface area contributed by atoms with Gasteiger partial charge in [-0.1, -0.05) is 43.0 Å². The Labute approximate surface area is 194 Å². The van der Waals surface area contributed by atoms with Gasteiger partial charge in [0.15, 0.2) is 0 Å². The number of ether oxygens (including phenoxy) is 2. The number of sulfonamides is 1. The average molecular weight is 481 g/mol. The number of benzene rings is 2. The molecule has 0 heterocycles. The van der Waals surface area contributed by atoms with Crippen molar-refractivity contribution in [3.05, 3.63) is 47.0 Å². The molecule has 0 atom stereocenters. The molecule has 1 aliphatic rings. The van der Waals surface area contributed by atoms with Crippen molar-refractivity contribution < 1.29 is 22.7 Å². The Bertz CT molecular complexity index is 1040. The molecule has 0 bridgehead atoms. The number of halogens is 1. The third-order valence-electron chi connectivity index (χ3n) is 5.55.